The van der Waals surface area contributed by atoms with Crippen molar-refractivity contribution < 1.29 is 4.92 Å². The van der Waals surface area contributed by atoms with Crippen LogP contribution in [0.5, 0.6) is 0 Å². The summed E-state index contributed by atoms with van der Waals surface area (Å²) in [6.45, 7) is 1.96. The largest absolute Gasteiger partial charge is 0.318 e. The van der Waals surface area contributed by atoms with Crippen LogP contribution in [0.1, 0.15) is 22.7 Å². The van der Waals surface area contributed by atoms with Crippen LogP contribution in [0.15, 0.2) is 53.3 Å². The number of hydrogen-bond acceptors (Lipinski definition) is 8. The van der Waals surface area contributed by atoms with Crippen molar-refractivity contribution in [1.82, 2.24) is 30.4 Å². The smallest absolute Gasteiger partial charge is 0.288 e. The highest BCUT2D eigenvalue weighted by molar-refractivity contribution is 5.76. The summed E-state index contributed by atoms with van der Waals surface area (Å²) in [4.78, 5) is 23.9. The Hall–Kier alpha value is -4.41. The van der Waals surface area contributed by atoms with E-state index in [0.717, 1.165) is 11.1 Å². The van der Waals surface area contributed by atoms with Gasteiger partial charge in [-0.3, -0.25) is 14.9 Å². The van der Waals surface area contributed by atoms with Gasteiger partial charge in [0.25, 0.3) is 11.2 Å². The predicted octanol–water partition coefficient (Wildman–Crippen LogP) is 2.33. The van der Waals surface area contributed by atoms with Crippen molar-refractivity contribution >= 4 is 17.3 Å². The Balaban J connectivity index is 1.85. The van der Waals surface area contributed by atoms with Crippen molar-refractivity contribution in [2.75, 3.05) is 5.32 Å². The topological polar surface area (TPSA) is 145 Å². The van der Waals surface area contributed by atoms with Crippen LogP contribution in [-0.4, -0.2) is 35.3 Å². The van der Waals surface area contributed by atoms with E-state index in [1.54, 1.807) is 18.2 Å². The quantitative estimate of drug-likeness (QED) is 0.345. The maximum Gasteiger partial charge on any atom is 0.288 e. The number of tetrazole rings is 1. The minimum atomic E-state index is -0.820. The third kappa shape index (κ3) is 2.64. The zero-order valence-electron chi connectivity index (χ0n) is 15.6. The molecule has 0 saturated carbocycles. The Kier molecular flexibility index (Phi) is 3.88. The third-order valence-electron chi connectivity index (χ3n) is 5.02. The molecule has 5 rings (SSSR count). The van der Waals surface area contributed by atoms with E-state index < -0.39 is 16.5 Å². The summed E-state index contributed by atoms with van der Waals surface area (Å²) < 4.78 is 1.42. The van der Waals surface area contributed by atoms with Gasteiger partial charge in [-0.1, -0.05) is 47.1 Å². The molecule has 1 aliphatic heterocycles. The highest BCUT2D eigenvalue weighted by atomic mass is 16.6. The highest BCUT2D eigenvalue weighted by Gasteiger charge is 2.37. The average Bonchev–Trinajstić information content (AvgIpc) is 3.22. The molecular formula is C19H14N8O3. The fraction of sp³-hybridized carbons (Fsp3) is 0.105. The summed E-state index contributed by atoms with van der Waals surface area (Å²) in [5.74, 6) is 0.206. The monoisotopic (exact) mass is 402 g/mol. The summed E-state index contributed by atoms with van der Waals surface area (Å²) in [6.07, 6.45) is 0. The molecule has 1 aliphatic rings. The van der Waals surface area contributed by atoms with Gasteiger partial charge in [0.1, 0.15) is 11.7 Å². The summed E-state index contributed by atoms with van der Waals surface area (Å²) in [7, 11) is 0. The zero-order chi connectivity index (χ0) is 20.8. The second-order valence-corrected chi connectivity index (χ2v) is 6.85. The fourth-order valence-corrected chi connectivity index (χ4v) is 3.64. The summed E-state index contributed by atoms with van der Waals surface area (Å²) in [5.41, 5.74) is 2.71. The molecule has 148 valence electrons. The maximum atomic E-state index is 12.6. The van der Waals surface area contributed by atoms with Crippen molar-refractivity contribution in [3.63, 3.8) is 0 Å². The van der Waals surface area contributed by atoms with Crippen LogP contribution in [0, 0.1) is 17.0 Å². The molecule has 0 bridgehead atoms. The van der Waals surface area contributed by atoms with Crippen LogP contribution in [0.2, 0.25) is 0 Å². The van der Waals surface area contributed by atoms with Crippen LogP contribution >= 0.6 is 0 Å². The van der Waals surface area contributed by atoms with Crippen LogP contribution in [0.4, 0.5) is 17.3 Å². The molecule has 30 heavy (non-hydrogen) atoms. The van der Waals surface area contributed by atoms with E-state index in [1.165, 1.54) is 10.7 Å². The normalized spacial score (nSPS) is 14.5. The molecule has 11 heteroatoms. The van der Waals surface area contributed by atoms with Gasteiger partial charge in [0.05, 0.1) is 16.2 Å². The first-order chi connectivity index (χ1) is 14.5. The molecule has 11 nitrogen and oxygen atoms in total. The van der Waals surface area contributed by atoms with Gasteiger partial charge >= 0.3 is 0 Å². The lowest BCUT2D eigenvalue weighted by Gasteiger charge is -2.27. The molecule has 0 aliphatic carbocycles. The number of nitrogens with one attached hydrogen (secondary N) is 2. The van der Waals surface area contributed by atoms with Crippen molar-refractivity contribution in [3.8, 4) is 11.3 Å². The Morgan fingerprint density at radius 2 is 1.90 bits per heavy atom. The Labute approximate surface area is 168 Å². The fourth-order valence-electron chi connectivity index (χ4n) is 3.64. The number of nitro groups is 1. The Morgan fingerprint density at radius 3 is 2.67 bits per heavy atom. The first-order valence-corrected chi connectivity index (χ1v) is 9.02. The summed E-state index contributed by atoms with van der Waals surface area (Å²) in [6, 6.07) is 13.1. The number of H-pyrrole nitrogens is 1. The number of fused-ring (bicyclic) bond motifs is 2. The van der Waals surface area contributed by atoms with Gasteiger partial charge in [0, 0.05) is 17.2 Å². The van der Waals surface area contributed by atoms with Crippen molar-refractivity contribution in [2.45, 2.75) is 13.0 Å². The first kappa shape index (κ1) is 17.7. The van der Waals surface area contributed by atoms with E-state index in [2.05, 4.69) is 31.0 Å². The molecule has 2 aromatic carbocycles. The number of anilines is 2. The van der Waals surface area contributed by atoms with Gasteiger partial charge in [-0.2, -0.15) is 9.78 Å². The van der Waals surface area contributed by atoms with E-state index in [1.807, 2.05) is 31.2 Å². The van der Waals surface area contributed by atoms with E-state index in [4.69, 9.17) is 0 Å². The number of aryl methyl sites for hydroxylation is 1. The van der Waals surface area contributed by atoms with Crippen LogP contribution in [0.3, 0.4) is 0 Å². The number of aromatic nitrogens is 6. The molecule has 2 aromatic heterocycles. The molecule has 0 amide bonds. The average molecular weight is 402 g/mol. The Morgan fingerprint density at radius 1 is 1.13 bits per heavy atom. The van der Waals surface area contributed by atoms with Gasteiger partial charge < -0.3 is 5.32 Å². The molecule has 0 saturated heterocycles. The highest BCUT2D eigenvalue weighted by Crippen LogP contribution is 2.43. The molecule has 0 fully saturated rings. The van der Waals surface area contributed by atoms with Gasteiger partial charge in [0.15, 0.2) is 0 Å². The summed E-state index contributed by atoms with van der Waals surface area (Å²) >= 11 is 0. The summed E-state index contributed by atoms with van der Waals surface area (Å²) in [5, 5.41) is 33.0. The first-order valence-electron chi connectivity index (χ1n) is 9.02. The third-order valence-corrected chi connectivity index (χ3v) is 5.02. The van der Waals surface area contributed by atoms with Gasteiger partial charge in [0.2, 0.25) is 5.95 Å². The molecule has 4 aromatic rings. The van der Waals surface area contributed by atoms with Gasteiger partial charge in [-0.15, -0.1) is 0 Å². The van der Waals surface area contributed by atoms with E-state index in [9.17, 15) is 14.9 Å². The molecule has 1 atom stereocenters. The predicted molar refractivity (Wildman–Crippen MR) is 106 cm³/mol. The van der Waals surface area contributed by atoms with Gasteiger partial charge in [-0.25, -0.2) is 5.10 Å². The number of hydrogen-bond donors (Lipinski definition) is 2. The lowest BCUT2D eigenvalue weighted by atomic mass is 9.91. The second-order valence-electron chi connectivity index (χ2n) is 6.85. The number of nitrogens with zero attached hydrogens (tertiary/aromatic N) is 6. The molecule has 3 heterocycles. The van der Waals surface area contributed by atoms with Crippen molar-refractivity contribution in [3.05, 3.63) is 85.7 Å². The Bertz CT molecular complexity index is 1340. The second kappa shape index (κ2) is 6.58. The van der Waals surface area contributed by atoms with Crippen LogP contribution in [0.25, 0.3) is 11.3 Å². The van der Waals surface area contributed by atoms with Gasteiger partial charge in [-0.05, 0) is 23.4 Å². The minimum absolute atomic E-state index is 0.105. The zero-order valence-corrected chi connectivity index (χ0v) is 15.6. The van der Waals surface area contributed by atoms with E-state index in [-0.39, 0.29) is 17.3 Å². The number of nitro benzene ring substituents is 1. The molecule has 0 radical (unpaired) electrons. The van der Waals surface area contributed by atoms with Crippen molar-refractivity contribution in [1.29, 1.82) is 0 Å². The van der Waals surface area contributed by atoms with Crippen LogP contribution in [-0.2, 0) is 0 Å². The van der Waals surface area contributed by atoms with Crippen molar-refractivity contribution in [2.24, 2.45) is 0 Å². The number of para-hydroxylation sites is 1. The SMILES string of the molecule is Cc1ccc(-c2n[nH]c(=O)c3c2[C@H](c2ccccc2[N+](=O)[O-])n2nnnc2N3)cc1. The number of aromatic amines is 1. The maximum absolute atomic E-state index is 12.6. The number of benzene rings is 2. The molecular weight excluding hydrogens is 388 g/mol. The van der Waals surface area contributed by atoms with E-state index >= 15 is 0 Å². The molecule has 2 N–H and O–H groups in total. The van der Waals surface area contributed by atoms with E-state index in [0.29, 0.717) is 16.8 Å². The van der Waals surface area contributed by atoms with Crippen LogP contribution < -0.4 is 10.9 Å². The molecule has 0 unspecified atom stereocenters. The minimum Gasteiger partial charge on any atom is -0.318 e. The lowest BCUT2D eigenvalue weighted by molar-refractivity contribution is -0.385. The standard InChI is InChI=1S/C19H14N8O3/c1-10-6-8-11(9-7-10)15-14-16(18(28)22-21-15)20-19-23-24-25-26(19)17(14)12-4-2-3-5-13(12)27(29)30/h2-9,17H,1H3,(H,22,28)(H,20,23,25)/t17-/m0/s1. The lowest BCUT2D eigenvalue weighted by Crippen LogP contribution is -2.29. The number of rotatable bonds is 3. The molecule has 0 spiro atoms.